The van der Waals surface area contributed by atoms with Crippen LogP contribution in [0.2, 0.25) is 10.0 Å². The molecule has 0 aromatic heterocycles. The van der Waals surface area contributed by atoms with E-state index in [0.717, 1.165) is 0 Å². The molecule has 0 radical (unpaired) electrons. The van der Waals surface area contributed by atoms with Gasteiger partial charge in [0.15, 0.2) is 0 Å². The highest BCUT2D eigenvalue weighted by molar-refractivity contribution is 7.92. The molecule has 7 nitrogen and oxygen atoms in total. The Morgan fingerprint density at radius 2 is 1.63 bits per heavy atom. The molecule has 0 aliphatic rings. The number of hydrogen-bond acceptors (Lipinski definition) is 5. The Balaban J connectivity index is 2.04. The minimum Gasteiger partial charge on any atom is -0.364 e. The van der Waals surface area contributed by atoms with Crippen LogP contribution in [0.3, 0.4) is 0 Å². The first-order valence-electron chi connectivity index (χ1n) is 8.75. The van der Waals surface area contributed by atoms with Crippen molar-refractivity contribution in [2.45, 2.75) is 18.0 Å². The standard InChI is InChI=1S/C20H17Cl2N3O4S/c1-14(23-17-5-3-7-19(13-17)25(26)27)24(18-6-2-4-16(22)12-18)30(28,29)20-10-8-15(21)9-11-20/h2-14,23H,1H3. The van der Waals surface area contributed by atoms with Crippen molar-refractivity contribution < 1.29 is 13.3 Å². The molecule has 0 saturated heterocycles. The number of benzene rings is 3. The average Bonchev–Trinajstić information content (AvgIpc) is 2.68. The molecule has 0 aliphatic carbocycles. The van der Waals surface area contributed by atoms with Crippen molar-refractivity contribution in [3.63, 3.8) is 0 Å². The topological polar surface area (TPSA) is 92.6 Å². The van der Waals surface area contributed by atoms with Gasteiger partial charge in [0.25, 0.3) is 15.7 Å². The van der Waals surface area contributed by atoms with Gasteiger partial charge in [-0.25, -0.2) is 12.7 Å². The summed E-state index contributed by atoms with van der Waals surface area (Å²) in [6.07, 6.45) is -0.800. The summed E-state index contributed by atoms with van der Waals surface area (Å²) in [6.45, 7) is 1.63. The lowest BCUT2D eigenvalue weighted by Gasteiger charge is -2.31. The van der Waals surface area contributed by atoms with Crippen molar-refractivity contribution in [1.29, 1.82) is 0 Å². The van der Waals surface area contributed by atoms with Gasteiger partial charge in [0.2, 0.25) is 0 Å². The molecule has 0 bridgehead atoms. The molecule has 0 fully saturated rings. The monoisotopic (exact) mass is 465 g/mol. The van der Waals surface area contributed by atoms with Gasteiger partial charge in [-0.15, -0.1) is 0 Å². The smallest absolute Gasteiger partial charge is 0.271 e. The summed E-state index contributed by atoms with van der Waals surface area (Å²) >= 11 is 12.0. The highest BCUT2D eigenvalue weighted by atomic mass is 35.5. The van der Waals surface area contributed by atoms with Crippen LogP contribution in [0, 0.1) is 10.1 Å². The molecule has 3 aromatic rings. The second-order valence-electron chi connectivity index (χ2n) is 6.36. The van der Waals surface area contributed by atoms with Crippen molar-refractivity contribution in [2.75, 3.05) is 9.62 Å². The summed E-state index contributed by atoms with van der Waals surface area (Å²) in [5.74, 6) is 0. The zero-order valence-electron chi connectivity index (χ0n) is 15.7. The van der Waals surface area contributed by atoms with Gasteiger partial charge in [-0.1, -0.05) is 35.3 Å². The van der Waals surface area contributed by atoms with Crippen LogP contribution in [-0.2, 0) is 10.0 Å². The molecule has 0 heterocycles. The fourth-order valence-electron chi connectivity index (χ4n) is 2.91. The molecule has 3 rings (SSSR count). The lowest BCUT2D eigenvalue weighted by Crippen LogP contribution is -2.43. The zero-order chi connectivity index (χ0) is 21.9. The molecule has 156 valence electrons. The lowest BCUT2D eigenvalue weighted by atomic mass is 10.2. The Morgan fingerprint density at radius 3 is 2.27 bits per heavy atom. The highest BCUT2D eigenvalue weighted by Crippen LogP contribution is 2.30. The largest absolute Gasteiger partial charge is 0.364 e. The number of non-ortho nitro benzene ring substituents is 1. The van der Waals surface area contributed by atoms with Gasteiger partial charge in [-0.05, 0) is 55.5 Å². The Morgan fingerprint density at radius 1 is 0.967 bits per heavy atom. The molecule has 0 amide bonds. The molecule has 0 spiro atoms. The van der Waals surface area contributed by atoms with E-state index in [0.29, 0.717) is 21.4 Å². The summed E-state index contributed by atoms with van der Waals surface area (Å²) in [5.41, 5.74) is 0.625. The SMILES string of the molecule is CC(Nc1cccc([N+](=O)[O-])c1)N(c1cccc(Cl)c1)S(=O)(=O)c1ccc(Cl)cc1. The van der Waals surface area contributed by atoms with Crippen LogP contribution in [0.5, 0.6) is 0 Å². The molecule has 10 heteroatoms. The molecule has 0 aliphatic heterocycles. The number of hydrogen-bond donors (Lipinski definition) is 1. The number of nitrogens with zero attached hydrogens (tertiary/aromatic N) is 2. The van der Waals surface area contributed by atoms with E-state index < -0.39 is 21.1 Å². The number of rotatable bonds is 7. The molecular weight excluding hydrogens is 449 g/mol. The fourth-order valence-corrected chi connectivity index (χ4v) is 4.79. The van der Waals surface area contributed by atoms with Gasteiger partial charge in [-0.3, -0.25) is 10.1 Å². The maximum atomic E-state index is 13.5. The summed E-state index contributed by atoms with van der Waals surface area (Å²) in [7, 11) is -4.01. The Labute approximate surface area is 184 Å². The van der Waals surface area contributed by atoms with E-state index in [1.54, 1.807) is 31.2 Å². The molecule has 1 unspecified atom stereocenters. The number of anilines is 2. The van der Waals surface area contributed by atoms with Crippen LogP contribution < -0.4 is 9.62 Å². The quantitative estimate of drug-likeness (QED) is 0.280. The van der Waals surface area contributed by atoms with Crippen LogP contribution in [0.25, 0.3) is 0 Å². The summed E-state index contributed by atoms with van der Waals surface area (Å²) < 4.78 is 28.1. The first-order chi connectivity index (χ1) is 14.2. The number of halogens is 2. The number of nitro groups is 1. The maximum Gasteiger partial charge on any atom is 0.271 e. The molecule has 1 N–H and O–H groups in total. The first-order valence-corrected chi connectivity index (χ1v) is 10.9. The van der Waals surface area contributed by atoms with Gasteiger partial charge < -0.3 is 5.32 Å². The Kier molecular flexibility index (Phi) is 6.50. The van der Waals surface area contributed by atoms with Crippen molar-refractivity contribution in [1.82, 2.24) is 0 Å². The second-order valence-corrected chi connectivity index (χ2v) is 9.05. The molecule has 30 heavy (non-hydrogen) atoms. The fraction of sp³-hybridized carbons (Fsp3) is 0.100. The molecular formula is C20H17Cl2N3O4S. The maximum absolute atomic E-state index is 13.5. The number of nitrogens with one attached hydrogen (secondary N) is 1. The average molecular weight is 466 g/mol. The highest BCUT2D eigenvalue weighted by Gasteiger charge is 2.30. The molecule has 0 saturated carbocycles. The Bertz CT molecular complexity index is 1170. The third kappa shape index (κ3) is 4.84. The van der Waals surface area contributed by atoms with E-state index in [1.165, 1.54) is 52.8 Å². The van der Waals surface area contributed by atoms with Crippen LogP contribution in [0.4, 0.5) is 17.1 Å². The van der Waals surface area contributed by atoms with Crippen molar-refractivity contribution in [2.24, 2.45) is 0 Å². The first kappa shape index (κ1) is 21.9. The van der Waals surface area contributed by atoms with Crippen molar-refractivity contribution in [3.8, 4) is 0 Å². The minimum absolute atomic E-state index is 0.0413. The van der Waals surface area contributed by atoms with Gasteiger partial charge in [0.05, 0.1) is 15.5 Å². The van der Waals surface area contributed by atoms with Crippen LogP contribution >= 0.6 is 23.2 Å². The normalized spacial score (nSPS) is 12.2. The number of nitro benzene ring substituents is 1. The van der Waals surface area contributed by atoms with Crippen LogP contribution in [0.1, 0.15) is 6.92 Å². The lowest BCUT2D eigenvalue weighted by molar-refractivity contribution is -0.384. The van der Waals surface area contributed by atoms with Crippen molar-refractivity contribution in [3.05, 3.63) is 93.0 Å². The van der Waals surface area contributed by atoms with Gasteiger partial charge in [0.1, 0.15) is 6.17 Å². The summed E-state index contributed by atoms with van der Waals surface area (Å²) in [4.78, 5) is 10.6. The third-order valence-electron chi connectivity index (χ3n) is 4.22. The van der Waals surface area contributed by atoms with E-state index in [9.17, 15) is 18.5 Å². The van der Waals surface area contributed by atoms with E-state index in [-0.39, 0.29) is 10.6 Å². The van der Waals surface area contributed by atoms with Crippen LogP contribution in [0.15, 0.2) is 77.7 Å². The van der Waals surface area contributed by atoms with Gasteiger partial charge in [0, 0.05) is 27.9 Å². The van der Waals surface area contributed by atoms with Crippen LogP contribution in [-0.4, -0.2) is 19.5 Å². The van der Waals surface area contributed by atoms with Gasteiger partial charge in [-0.2, -0.15) is 0 Å². The third-order valence-corrected chi connectivity index (χ3v) is 6.62. The van der Waals surface area contributed by atoms with Crippen molar-refractivity contribution >= 4 is 50.3 Å². The molecule has 3 aromatic carbocycles. The number of sulfonamides is 1. The zero-order valence-corrected chi connectivity index (χ0v) is 18.0. The minimum atomic E-state index is -4.01. The van der Waals surface area contributed by atoms with E-state index in [2.05, 4.69) is 5.32 Å². The van der Waals surface area contributed by atoms with E-state index in [4.69, 9.17) is 23.2 Å². The second kappa shape index (κ2) is 8.91. The summed E-state index contributed by atoms with van der Waals surface area (Å²) in [5, 5.41) is 14.8. The van der Waals surface area contributed by atoms with Gasteiger partial charge >= 0.3 is 0 Å². The predicted molar refractivity (Wildman–Crippen MR) is 119 cm³/mol. The predicted octanol–water partition coefficient (Wildman–Crippen LogP) is 5.56. The summed E-state index contributed by atoms with van der Waals surface area (Å²) in [6, 6.07) is 18.1. The molecule has 1 atom stereocenters. The Hall–Kier alpha value is -2.81. The van der Waals surface area contributed by atoms with E-state index in [1.807, 2.05) is 0 Å². The van der Waals surface area contributed by atoms with E-state index >= 15 is 0 Å².